The van der Waals surface area contributed by atoms with Gasteiger partial charge in [-0.15, -0.1) is 0 Å². The molecule has 0 saturated carbocycles. The molecule has 0 amide bonds. The largest absolute Gasteiger partial charge is 0.311 e. The van der Waals surface area contributed by atoms with Gasteiger partial charge in [0.1, 0.15) is 0 Å². The van der Waals surface area contributed by atoms with E-state index in [1.54, 1.807) is 0 Å². The number of nitrogens with zero attached hydrogens (tertiary/aromatic N) is 4. The van der Waals surface area contributed by atoms with Crippen LogP contribution in [0.25, 0.3) is 119 Å². The number of hydrogen-bond donors (Lipinski definition) is 0. The second-order valence-corrected chi connectivity index (χ2v) is 29.7. The van der Waals surface area contributed by atoms with Gasteiger partial charge in [0.05, 0.1) is 0 Å². The molecule has 0 aliphatic carbocycles. The molecule has 108 heavy (non-hydrogen) atoms. The summed E-state index contributed by atoms with van der Waals surface area (Å²) in [6.07, 6.45) is 0. The lowest BCUT2D eigenvalue weighted by Crippen LogP contribution is -2.65. The van der Waals surface area contributed by atoms with Crippen LogP contribution in [-0.4, -0.2) is 13.4 Å². The zero-order valence-corrected chi connectivity index (χ0v) is 58.7. The molecule has 0 atom stereocenters. The van der Waals surface area contributed by atoms with Crippen molar-refractivity contribution < 1.29 is 0 Å². The number of anilines is 12. The molecule has 24 rings (SSSR count). The van der Waals surface area contributed by atoms with Crippen molar-refractivity contribution in [2.75, 3.05) is 19.6 Å². The highest BCUT2D eigenvalue weighted by molar-refractivity contribution is 7.03. The van der Waals surface area contributed by atoms with E-state index in [1.165, 1.54) is 141 Å². The van der Waals surface area contributed by atoms with Gasteiger partial charge >= 0.3 is 0 Å². The van der Waals surface area contributed by atoms with Gasteiger partial charge in [0.25, 0.3) is 13.4 Å². The molecular weight excluding hydrogens is 1300 g/mol. The summed E-state index contributed by atoms with van der Waals surface area (Å²) >= 11 is 0. The normalized spacial score (nSPS) is 13.3. The highest BCUT2D eigenvalue weighted by atomic mass is 15.2. The molecular formula is C102H62B2N4. The Morgan fingerprint density at radius 2 is 0.389 bits per heavy atom. The maximum Gasteiger partial charge on any atom is 0.252 e. The van der Waals surface area contributed by atoms with Crippen molar-refractivity contribution in [2.45, 2.75) is 0 Å². The number of hydrogen-bond acceptors (Lipinski definition) is 4. The van der Waals surface area contributed by atoms with Crippen LogP contribution in [0.3, 0.4) is 0 Å². The average molecular weight is 1370 g/mol. The van der Waals surface area contributed by atoms with Crippen LogP contribution in [0.15, 0.2) is 376 Å². The van der Waals surface area contributed by atoms with Crippen molar-refractivity contribution in [1.82, 2.24) is 0 Å². The van der Waals surface area contributed by atoms with Crippen molar-refractivity contribution in [3.63, 3.8) is 0 Å². The highest BCUT2D eigenvalue weighted by Crippen LogP contribution is 2.53. The molecule has 4 aliphatic rings. The lowest BCUT2D eigenvalue weighted by Gasteiger charge is -2.47. The van der Waals surface area contributed by atoms with Gasteiger partial charge in [0, 0.05) is 68.2 Å². The van der Waals surface area contributed by atoms with Crippen molar-refractivity contribution in [3.05, 3.63) is 376 Å². The number of rotatable bonds is 6. The van der Waals surface area contributed by atoms with Gasteiger partial charge in [-0.3, -0.25) is 0 Å². The standard InChI is InChI=1S/C102H62B2N4/c1-4-26-63(27-5-1)65-54-97-101-99(56-65)107(69-49-52-84-78-39-14-11-33-72(78)75-36-17-20-42-81(75)87(84)59-69)95-62-96-92(61-91(95)103(101)89-44-22-24-46-93(89)105(97)67-30-8-3-9-31-67)104-90-45-23-25-47-94(90)106(68-48-51-83-77-38-13-10-32-71(77)74-35-16-19-41-80(74)86(83)58-68)98-55-66(64-28-6-2-7-29-64)57-100(102(98)104)108(96)70-50-53-85-79-40-15-12-34-73(79)76-37-18-21-43-82(76)88(85)60-70/h1-62H. The summed E-state index contributed by atoms with van der Waals surface area (Å²) in [6.45, 7) is -0.402. The predicted octanol–water partition coefficient (Wildman–Crippen LogP) is 23.6. The average Bonchev–Trinajstić information content (AvgIpc) is 0.681. The van der Waals surface area contributed by atoms with E-state index >= 15 is 0 Å². The van der Waals surface area contributed by atoms with E-state index in [0.29, 0.717) is 0 Å². The van der Waals surface area contributed by atoms with Gasteiger partial charge in [-0.05, 0) is 243 Å². The molecule has 0 unspecified atom stereocenters. The molecule has 0 bridgehead atoms. The van der Waals surface area contributed by atoms with Gasteiger partial charge < -0.3 is 19.6 Å². The van der Waals surface area contributed by atoms with Crippen molar-refractivity contribution in [3.8, 4) is 22.3 Å². The molecule has 20 aromatic rings. The first kappa shape index (κ1) is 59.5. The molecule has 0 fully saturated rings. The topological polar surface area (TPSA) is 13.0 Å². The summed E-state index contributed by atoms with van der Waals surface area (Å²) in [5.74, 6) is 0. The number of benzene rings is 20. The zero-order valence-electron chi connectivity index (χ0n) is 58.7. The minimum Gasteiger partial charge on any atom is -0.311 e. The summed E-state index contributed by atoms with van der Waals surface area (Å²) < 4.78 is 0. The summed E-state index contributed by atoms with van der Waals surface area (Å²) in [5.41, 5.74) is 25.8. The third-order valence-corrected chi connectivity index (χ3v) is 24.3. The third-order valence-electron chi connectivity index (χ3n) is 24.3. The van der Waals surface area contributed by atoms with Gasteiger partial charge in [-0.25, -0.2) is 0 Å². The Bertz CT molecular complexity index is 7200. The number of fused-ring (bicyclic) bond motifs is 26. The van der Waals surface area contributed by atoms with Gasteiger partial charge in [-0.1, -0.05) is 285 Å². The molecule has 4 nitrogen and oxygen atoms in total. The van der Waals surface area contributed by atoms with Gasteiger partial charge in [0.15, 0.2) is 0 Å². The summed E-state index contributed by atoms with van der Waals surface area (Å²) in [6, 6.07) is 143. The fraction of sp³-hybridized carbons (Fsp3) is 0. The van der Waals surface area contributed by atoms with Crippen LogP contribution >= 0.6 is 0 Å². The Morgan fingerprint density at radius 3 is 0.713 bits per heavy atom. The second-order valence-electron chi connectivity index (χ2n) is 29.7. The monoisotopic (exact) mass is 1360 g/mol. The Hall–Kier alpha value is -13.9. The number of para-hydroxylation sites is 3. The van der Waals surface area contributed by atoms with Gasteiger partial charge in [0.2, 0.25) is 0 Å². The first-order chi connectivity index (χ1) is 53.6. The molecule has 6 heteroatoms. The lowest BCUT2D eigenvalue weighted by molar-refractivity contribution is 1.24. The van der Waals surface area contributed by atoms with Crippen LogP contribution < -0.4 is 52.4 Å². The molecule has 4 heterocycles. The zero-order chi connectivity index (χ0) is 70.4. The minimum absolute atomic E-state index is 0.188. The van der Waals surface area contributed by atoms with E-state index in [9.17, 15) is 0 Å². The summed E-state index contributed by atoms with van der Waals surface area (Å²) in [5, 5.41) is 22.4. The van der Waals surface area contributed by atoms with E-state index in [0.717, 1.165) is 79.1 Å². The molecule has 0 radical (unpaired) electrons. The Balaban J connectivity index is 0.847. The molecule has 0 N–H and O–H groups in total. The van der Waals surface area contributed by atoms with Gasteiger partial charge in [-0.2, -0.15) is 0 Å². The quantitative estimate of drug-likeness (QED) is 0.121. The molecule has 0 aromatic heterocycles. The van der Waals surface area contributed by atoms with Crippen LogP contribution in [-0.2, 0) is 0 Å². The maximum absolute atomic E-state index is 2.69. The summed E-state index contributed by atoms with van der Waals surface area (Å²) in [4.78, 5) is 10.5. The smallest absolute Gasteiger partial charge is 0.252 e. The maximum atomic E-state index is 2.69. The third kappa shape index (κ3) is 8.42. The Labute approximate surface area is 625 Å². The summed E-state index contributed by atoms with van der Waals surface area (Å²) in [7, 11) is 0. The molecule has 20 aromatic carbocycles. The SMILES string of the molecule is c1ccc(-c2cc3c4c(c2)N(c2ccc5c6ccccc6c6ccccc6c5c2)c2cc5c(cc2B4c2ccccc2N3c2ccccc2)B2c3ccccc3N(c3ccc4c6ccccc6c6ccccc6c4c3)c3cc(-c4ccccc4)cc(c32)N5c2ccc3c4ccccc4c4ccccc4c3c2)cc1. The molecule has 0 spiro atoms. The van der Waals surface area contributed by atoms with E-state index in [-0.39, 0.29) is 13.4 Å². The van der Waals surface area contributed by atoms with Crippen LogP contribution in [0.4, 0.5) is 68.2 Å². The van der Waals surface area contributed by atoms with E-state index in [4.69, 9.17) is 0 Å². The molecule has 496 valence electrons. The van der Waals surface area contributed by atoms with E-state index in [2.05, 4.69) is 396 Å². The second kappa shape index (κ2) is 22.8. The predicted molar refractivity (Wildman–Crippen MR) is 463 cm³/mol. The van der Waals surface area contributed by atoms with Crippen molar-refractivity contribution in [2.24, 2.45) is 0 Å². The first-order valence-electron chi connectivity index (χ1n) is 37.7. The fourth-order valence-corrected chi connectivity index (χ4v) is 19.8. The molecule has 4 aliphatic heterocycles. The lowest BCUT2D eigenvalue weighted by atomic mass is 9.30. The van der Waals surface area contributed by atoms with E-state index < -0.39 is 0 Å². The first-order valence-corrected chi connectivity index (χ1v) is 37.7. The van der Waals surface area contributed by atoms with Crippen molar-refractivity contribution >= 4 is 211 Å². The fourth-order valence-electron chi connectivity index (χ4n) is 19.8. The van der Waals surface area contributed by atoms with E-state index in [1.807, 2.05) is 0 Å². The Morgan fingerprint density at radius 1 is 0.139 bits per heavy atom. The Kier molecular flexibility index (Phi) is 12.5. The highest BCUT2D eigenvalue weighted by Gasteiger charge is 2.49. The minimum atomic E-state index is -0.214. The van der Waals surface area contributed by atoms with Crippen LogP contribution in [0, 0.1) is 0 Å². The van der Waals surface area contributed by atoms with Crippen molar-refractivity contribution in [1.29, 1.82) is 0 Å². The molecule has 0 saturated heterocycles. The van der Waals surface area contributed by atoms with Crippen LogP contribution in [0.1, 0.15) is 0 Å². The van der Waals surface area contributed by atoms with Crippen LogP contribution in [0.5, 0.6) is 0 Å². The van der Waals surface area contributed by atoms with Crippen LogP contribution in [0.2, 0.25) is 0 Å².